The predicted molar refractivity (Wildman–Crippen MR) is 82.5 cm³/mol. The van der Waals surface area contributed by atoms with Gasteiger partial charge in [-0.15, -0.1) is 11.8 Å². The second-order valence-electron chi connectivity index (χ2n) is 5.67. The predicted octanol–water partition coefficient (Wildman–Crippen LogP) is -3.07. The van der Waals surface area contributed by atoms with E-state index in [0.717, 1.165) is 0 Å². The van der Waals surface area contributed by atoms with Gasteiger partial charge in [0.25, 0.3) is 5.91 Å². The summed E-state index contributed by atoms with van der Waals surface area (Å²) in [4.78, 5) is 28.7. The molecule has 4 heterocycles. The Morgan fingerprint density at radius 2 is 2.25 bits per heavy atom. The van der Waals surface area contributed by atoms with E-state index in [2.05, 4.69) is 4.98 Å². The Bertz CT molecular complexity index is 869. The average molecular weight is 379 g/mol. The molecule has 1 amide bonds. The Morgan fingerprint density at radius 3 is 2.92 bits per heavy atom. The first-order valence-electron chi connectivity index (χ1n) is 7.07. The summed E-state index contributed by atoms with van der Waals surface area (Å²) >= 11 is 1.40. The van der Waals surface area contributed by atoms with Crippen molar-refractivity contribution in [1.82, 2.24) is 14.5 Å². The molecule has 8 nitrogen and oxygen atoms in total. The van der Waals surface area contributed by atoms with Crippen LogP contribution in [-0.4, -0.2) is 62.8 Å². The second kappa shape index (κ2) is 6.17. The van der Waals surface area contributed by atoms with Gasteiger partial charge in [-0.25, -0.2) is 18.2 Å². The zero-order valence-electron chi connectivity index (χ0n) is 13.9. The van der Waals surface area contributed by atoms with Crippen molar-refractivity contribution in [1.29, 1.82) is 0 Å². The third kappa shape index (κ3) is 2.64. The number of hydrogen-bond donors (Lipinski definition) is 1. The Hall–Kier alpha value is -0.810. The number of β-lactam (4-membered cyclic amide) rings is 1. The van der Waals surface area contributed by atoms with Crippen LogP contribution < -0.4 is 29.6 Å². The number of imidazole rings is 1. The molecule has 2 unspecified atom stereocenters. The Morgan fingerprint density at radius 1 is 1.50 bits per heavy atom. The Labute approximate surface area is 166 Å². The first-order valence-corrected chi connectivity index (χ1v) is 9.77. The van der Waals surface area contributed by atoms with Gasteiger partial charge in [-0.3, -0.25) is 4.79 Å². The van der Waals surface area contributed by atoms with Crippen LogP contribution in [0.1, 0.15) is 13.5 Å². The Kier molecular flexibility index (Phi) is 4.63. The number of amides is 1. The van der Waals surface area contributed by atoms with Gasteiger partial charge in [0.1, 0.15) is 11.4 Å². The molecule has 2 fully saturated rings. The van der Waals surface area contributed by atoms with Gasteiger partial charge in [0.05, 0.1) is 17.0 Å². The fourth-order valence-corrected chi connectivity index (χ4v) is 5.93. The van der Waals surface area contributed by atoms with Gasteiger partial charge in [0.2, 0.25) is 15.0 Å². The normalized spacial score (nSPS) is 28.8. The minimum Gasteiger partial charge on any atom is -1.00 e. The largest absolute Gasteiger partial charge is 1.00 e. The zero-order chi connectivity index (χ0) is 16.4. The van der Waals surface area contributed by atoms with Crippen molar-refractivity contribution < 1.29 is 54.1 Å². The van der Waals surface area contributed by atoms with Crippen LogP contribution in [0.4, 0.5) is 0 Å². The number of carbonyl (C=O) groups excluding carboxylic acids is 1. The van der Waals surface area contributed by atoms with Crippen LogP contribution in [0.15, 0.2) is 16.9 Å². The molecule has 2 atom stereocenters. The monoisotopic (exact) mass is 379 g/mol. The number of thioether (sulfide) groups is 1. The third-order valence-corrected chi connectivity index (χ3v) is 7.20. The van der Waals surface area contributed by atoms with Crippen LogP contribution >= 0.6 is 11.8 Å². The zero-order valence-corrected chi connectivity index (χ0v) is 16.5. The summed E-state index contributed by atoms with van der Waals surface area (Å²) < 4.78 is 25.5. The van der Waals surface area contributed by atoms with Gasteiger partial charge in [-0.05, 0) is 12.5 Å². The second-order valence-corrected chi connectivity index (χ2v) is 8.78. The molecule has 0 saturated carbocycles. The number of hydrogen-bond acceptors (Lipinski definition) is 6. The molecule has 0 aromatic carbocycles. The fourth-order valence-electron chi connectivity index (χ4n) is 3.08. The van der Waals surface area contributed by atoms with E-state index in [1.54, 1.807) is 16.8 Å². The molecule has 124 valence electrons. The third-order valence-electron chi connectivity index (χ3n) is 4.19. The first-order chi connectivity index (χ1) is 10.9. The quantitative estimate of drug-likeness (QED) is 0.330. The molecule has 11 heteroatoms. The van der Waals surface area contributed by atoms with Crippen molar-refractivity contribution in [2.75, 3.05) is 11.5 Å². The molecule has 0 spiro atoms. The molecule has 3 aliphatic heterocycles. The van der Waals surface area contributed by atoms with Crippen LogP contribution in [0.25, 0.3) is 6.08 Å². The molecule has 1 aromatic heterocycles. The van der Waals surface area contributed by atoms with Gasteiger partial charge in [-0.2, -0.15) is 0 Å². The van der Waals surface area contributed by atoms with Crippen molar-refractivity contribution in [2.24, 2.45) is 0 Å². The molecule has 0 aliphatic carbocycles. The van der Waals surface area contributed by atoms with Crippen molar-refractivity contribution >= 4 is 39.6 Å². The molecular formula is C13H14N3NaO5S2. The van der Waals surface area contributed by atoms with Crippen molar-refractivity contribution in [2.45, 2.75) is 29.5 Å². The van der Waals surface area contributed by atoms with Gasteiger partial charge in [0.15, 0.2) is 0 Å². The van der Waals surface area contributed by atoms with Crippen LogP contribution in [0.5, 0.6) is 0 Å². The van der Waals surface area contributed by atoms with Crippen LogP contribution in [0.3, 0.4) is 0 Å². The summed E-state index contributed by atoms with van der Waals surface area (Å²) in [7, 11) is -3.35. The molecule has 3 aliphatic rings. The number of aromatic nitrogens is 2. The van der Waals surface area contributed by atoms with Crippen LogP contribution in [0.2, 0.25) is 0 Å². The summed E-state index contributed by atoms with van der Waals surface area (Å²) in [6.45, 7) is 0.587. The van der Waals surface area contributed by atoms with Crippen LogP contribution in [0, 0.1) is 0 Å². The maximum absolute atomic E-state index is 12.2. The fraction of sp³-hybridized carbons (Fsp3) is 0.462. The molecule has 0 radical (unpaired) electrons. The minimum absolute atomic E-state index is 0. The summed E-state index contributed by atoms with van der Waals surface area (Å²) in [6, 6.07) is -0.787. The van der Waals surface area contributed by atoms with E-state index in [1.165, 1.54) is 16.7 Å². The maximum Gasteiger partial charge on any atom is 1.00 e. The first kappa shape index (κ1) is 18.0. The summed E-state index contributed by atoms with van der Waals surface area (Å²) in [5.41, 5.74) is 0.902. The van der Waals surface area contributed by atoms with E-state index in [-0.39, 0.29) is 53.2 Å². The number of sulfone groups is 1. The number of nitrogens with zero attached hydrogens (tertiary/aromatic N) is 3. The topological polar surface area (TPSA) is 110 Å². The Balaban J connectivity index is 0.00000113. The van der Waals surface area contributed by atoms with Crippen molar-refractivity contribution in [3.05, 3.63) is 17.5 Å². The van der Waals surface area contributed by atoms with Gasteiger partial charge >= 0.3 is 35.5 Å². The van der Waals surface area contributed by atoms with E-state index < -0.39 is 21.8 Å². The number of rotatable bonds is 2. The SMILES string of the molecule is O=C(O)C1CSC2/C(=C\c3cn4c(n3)S(=O)(=O)CCC4)C(=O)N12.[H-].[Na+]. The summed E-state index contributed by atoms with van der Waals surface area (Å²) in [5, 5.41) is 8.85. The number of carboxylic acid groups (broad SMARTS) is 1. The summed E-state index contributed by atoms with van der Waals surface area (Å²) in [5.74, 6) is -0.875. The van der Waals surface area contributed by atoms with Crippen molar-refractivity contribution in [3.8, 4) is 0 Å². The van der Waals surface area contributed by atoms with E-state index in [0.29, 0.717) is 30.0 Å². The molecule has 4 rings (SSSR count). The standard InChI is InChI=1S/C13H13N3O5S2.Na.H/c17-10-8(11-16(10)9(6-22-11)12(18)19)4-7-5-15-2-1-3-23(20,21)13(15)14-7;;/h4-5,9,11H,1-3,6H2,(H,18,19);;/q;+1;-1/b8-4-;;. The molecule has 24 heavy (non-hydrogen) atoms. The molecule has 1 aromatic rings. The number of carboxylic acids is 1. The van der Waals surface area contributed by atoms with Gasteiger partial charge < -0.3 is 16.0 Å². The number of aliphatic carboxylic acids is 1. The number of fused-ring (bicyclic) bond motifs is 2. The number of carbonyl (C=O) groups is 2. The summed E-state index contributed by atoms with van der Waals surface area (Å²) in [6.07, 6.45) is 3.75. The molecular weight excluding hydrogens is 365 g/mol. The molecule has 0 bridgehead atoms. The molecule has 2 saturated heterocycles. The van der Waals surface area contributed by atoms with Crippen molar-refractivity contribution in [3.63, 3.8) is 0 Å². The van der Waals surface area contributed by atoms with Gasteiger partial charge in [0, 0.05) is 18.5 Å². The van der Waals surface area contributed by atoms with Gasteiger partial charge in [-0.1, -0.05) is 0 Å². The van der Waals surface area contributed by atoms with Crippen LogP contribution in [-0.2, 0) is 26.0 Å². The van der Waals surface area contributed by atoms with E-state index in [9.17, 15) is 18.0 Å². The van der Waals surface area contributed by atoms with E-state index in [1.807, 2.05) is 0 Å². The smallest absolute Gasteiger partial charge is 1.00 e. The average Bonchev–Trinajstić information content (AvgIpc) is 3.06. The van der Waals surface area contributed by atoms with E-state index >= 15 is 0 Å². The number of aryl methyl sites for hydroxylation is 1. The molecule has 1 N–H and O–H groups in total. The maximum atomic E-state index is 12.2. The minimum atomic E-state index is -3.35. The van der Waals surface area contributed by atoms with E-state index in [4.69, 9.17) is 5.11 Å².